The van der Waals surface area contributed by atoms with E-state index in [1.807, 2.05) is 17.5 Å². The number of thiophene rings is 1. The second kappa shape index (κ2) is 3.11. The minimum absolute atomic E-state index is 0.168. The third-order valence-electron chi connectivity index (χ3n) is 1.77. The monoisotopic (exact) mass is 192 g/mol. The van der Waals surface area contributed by atoms with Gasteiger partial charge in [0.25, 0.3) is 0 Å². The van der Waals surface area contributed by atoms with E-state index in [9.17, 15) is 10.2 Å². The van der Waals surface area contributed by atoms with Crippen LogP contribution in [0.2, 0.25) is 0 Å². The van der Waals surface area contributed by atoms with Crippen LogP contribution in [0, 0.1) is 0 Å². The first-order valence-electron chi connectivity index (χ1n) is 3.83. The second-order valence-electron chi connectivity index (χ2n) is 2.68. The first kappa shape index (κ1) is 8.13. The lowest BCUT2D eigenvalue weighted by atomic mass is 10.1. The number of hydrogen-bond donors (Lipinski definition) is 2. The quantitative estimate of drug-likeness (QED) is 0.682. The average Bonchev–Trinajstić information content (AvgIpc) is 2.61. The van der Waals surface area contributed by atoms with Gasteiger partial charge in [0.1, 0.15) is 11.5 Å². The summed E-state index contributed by atoms with van der Waals surface area (Å²) in [5.41, 5.74) is 0.676. The topological polar surface area (TPSA) is 40.5 Å². The summed E-state index contributed by atoms with van der Waals surface area (Å²) in [7, 11) is 0. The van der Waals surface area contributed by atoms with Crippen molar-refractivity contribution in [2.75, 3.05) is 0 Å². The maximum Gasteiger partial charge on any atom is 0.124 e. The Morgan fingerprint density at radius 3 is 2.62 bits per heavy atom. The zero-order valence-corrected chi connectivity index (χ0v) is 7.58. The molecular weight excluding hydrogens is 184 g/mol. The number of phenols is 2. The highest BCUT2D eigenvalue weighted by atomic mass is 32.1. The molecule has 0 amide bonds. The molecule has 2 aromatic rings. The van der Waals surface area contributed by atoms with E-state index in [4.69, 9.17) is 0 Å². The van der Waals surface area contributed by atoms with Gasteiger partial charge in [0.05, 0.1) is 0 Å². The van der Waals surface area contributed by atoms with Gasteiger partial charge in [0.15, 0.2) is 0 Å². The zero-order chi connectivity index (χ0) is 9.26. The molecule has 1 aromatic carbocycles. The highest BCUT2D eigenvalue weighted by Crippen LogP contribution is 2.34. The van der Waals surface area contributed by atoms with Crippen molar-refractivity contribution in [2.45, 2.75) is 0 Å². The van der Waals surface area contributed by atoms with Crippen molar-refractivity contribution in [1.82, 2.24) is 0 Å². The number of aromatic hydroxyl groups is 2. The minimum atomic E-state index is 0.168. The molecule has 0 aliphatic carbocycles. The fourth-order valence-corrected chi connectivity index (χ4v) is 1.90. The normalized spacial score (nSPS) is 10.2. The molecule has 0 aliphatic rings. The van der Waals surface area contributed by atoms with Gasteiger partial charge in [-0.1, -0.05) is 6.07 Å². The van der Waals surface area contributed by atoms with Gasteiger partial charge in [-0.2, -0.15) is 0 Å². The zero-order valence-electron chi connectivity index (χ0n) is 6.77. The summed E-state index contributed by atoms with van der Waals surface area (Å²) in [5, 5.41) is 20.7. The van der Waals surface area contributed by atoms with Gasteiger partial charge in [0, 0.05) is 10.4 Å². The molecule has 0 atom stereocenters. The number of hydrogen-bond acceptors (Lipinski definition) is 3. The van der Waals surface area contributed by atoms with E-state index in [0.29, 0.717) is 5.56 Å². The molecule has 0 saturated carbocycles. The molecule has 0 spiro atoms. The number of phenolic OH excluding ortho intramolecular Hbond substituents is 2. The first-order chi connectivity index (χ1) is 6.27. The molecule has 3 heteroatoms. The smallest absolute Gasteiger partial charge is 0.124 e. The van der Waals surface area contributed by atoms with Crippen LogP contribution in [0.15, 0.2) is 35.7 Å². The van der Waals surface area contributed by atoms with Gasteiger partial charge >= 0.3 is 0 Å². The summed E-state index contributed by atoms with van der Waals surface area (Å²) < 4.78 is 0. The SMILES string of the molecule is Oc1ccc(O)c(-c2cccs2)c1. The van der Waals surface area contributed by atoms with Crippen molar-refractivity contribution in [2.24, 2.45) is 0 Å². The molecule has 1 aromatic heterocycles. The van der Waals surface area contributed by atoms with Crippen LogP contribution in [-0.4, -0.2) is 10.2 Å². The lowest BCUT2D eigenvalue weighted by molar-refractivity contribution is 0.462. The maximum atomic E-state index is 9.50. The van der Waals surface area contributed by atoms with Crippen LogP contribution in [-0.2, 0) is 0 Å². The Morgan fingerprint density at radius 1 is 1.08 bits per heavy atom. The lowest BCUT2D eigenvalue weighted by Crippen LogP contribution is -1.74. The molecular formula is C10H8O2S. The van der Waals surface area contributed by atoms with Gasteiger partial charge in [-0.3, -0.25) is 0 Å². The van der Waals surface area contributed by atoms with E-state index >= 15 is 0 Å². The third-order valence-corrected chi connectivity index (χ3v) is 2.67. The molecule has 2 rings (SSSR count). The van der Waals surface area contributed by atoms with Gasteiger partial charge in [-0.25, -0.2) is 0 Å². The fourth-order valence-electron chi connectivity index (χ4n) is 1.15. The Balaban J connectivity index is 2.57. The van der Waals surface area contributed by atoms with E-state index in [0.717, 1.165) is 4.88 Å². The van der Waals surface area contributed by atoms with Crippen molar-refractivity contribution < 1.29 is 10.2 Å². The Kier molecular flexibility index (Phi) is 1.94. The molecule has 1 heterocycles. The molecule has 0 unspecified atom stereocenters. The predicted molar refractivity (Wildman–Crippen MR) is 53.1 cm³/mol. The standard InChI is InChI=1S/C10H8O2S/c11-7-3-4-9(12)8(6-7)10-2-1-5-13-10/h1-6,11-12H. The molecule has 2 nitrogen and oxygen atoms in total. The molecule has 0 fully saturated rings. The molecule has 13 heavy (non-hydrogen) atoms. The van der Waals surface area contributed by atoms with Crippen LogP contribution >= 0.6 is 11.3 Å². The molecule has 2 N–H and O–H groups in total. The Labute approximate surface area is 79.7 Å². The highest BCUT2D eigenvalue weighted by Gasteiger charge is 2.05. The van der Waals surface area contributed by atoms with Crippen molar-refractivity contribution in [3.05, 3.63) is 35.7 Å². The minimum Gasteiger partial charge on any atom is -0.508 e. The highest BCUT2D eigenvalue weighted by molar-refractivity contribution is 7.13. The van der Waals surface area contributed by atoms with Crippen LogP contribution in [0.4, 0.5) is 0 Å². The molecule has 0 aliphatic heterocycles. The van der Waals surface area contributed by atoms with Crippen LogP contribution < -0.4 is 0 Å². The maximum absolute atomic E-state index is 9.50. The van der Waals surface area contributed by atoms with Crippen molar-refractivity contribution in [3.63, 3.8) is 0 Å². The van der Waals surface area contributed by atoms with Gasteiger partial charge in [0.2, 0.25) is 0 Å². The lowest BCUT2D eigenvalue weighted by Gasteiger charge is -2.01. The molecule has 0 radical (unpaired) electrons. The van der Waals surface area contributed by atoms with Gasteiger partial charge < -0.3 is 10.2 Å². The van der Waals surface area contributed by atoms with Crippen LogP contribution in [0.25, 0.3) is 10.4 Å². The Bertz CT molecular complexity index is 407. The predicted octanol–water partition coefficient (Wildman–Crippen LogP) is 2.83. The van der Waals surface area contributed by atoms with E-state index in [2.05, 4.69) is 0 Å². The summed E-state index contributed by atoms with van der Waals surface area (Å²) in [6, 6.07) is 8.32. The molecule has 66 valence electrons. The van der Waals surface area contributed by atoms with Crippen LogP contribution in [0.1, 0.15) is 0 Å². The summed E-state index contributed by atoms with van der Waals surface area (Å²) in [5.74, 6) is 0.362. The second-order valence-corrected chi connectivity index (χ2v) is 3.63. The third kappa shape index (κ3) is 1.51. The Morgan fingerprint density at radius 2 is 1.92 bits per heavy atom. The Hall–Kier alpha value is -1.48. The number of benzene rings is 1. The first-order valence-corrected chi connectivity index (χ1v) is 4.71. The van der Waals surface area contributed by atoms with E-state index in [1.165, 1.54) is 23.5 Å². The van der Waals surface area contributed by atoms with E-state index in [-0.39, 0.29) is 11.5 Å². The van der Waals surface area contributed by atoms with E-state index in [1.54, 1.807) is 6.07 Å². The van der Waals surface area contributed by atoms with Gasteiger partial charge in [-0.15, -0.1) is 11.3 Å². The van der Waals surface area contributed by atoms with Crippen LogP contribution in [0.5, 0.6) is 11.5 Å². The van der Waals surface area contributed by atoms with Crippen LogP contribution in [0.3, 0.4) is 0 Å². The molecule has 0 saturated heterocycles. The van der Waals surface area contributed by atoms with Crippen molar-refractivity contribution >= 4 is 11.3 Å². The summed E-state index contributed by atoms with van der Waals surface area (Å²) >= 11 is 1.53. The van der Waals surface area contributed by atoms with E-state index < -0.39 is 0 Å². The van der Waals surface area contributed by atoms with Crippen molar-refractivity contribution in [1.29, 1.82) is 0 Å². The largest absolute Gasteiger partial charge is 0.508 e. The van der Waals surface area contributed by atoms with Gasteiger partial charge in [-0.05, 0) is 29.6 Å². The summed E-state index contributed by atoms with van der Waals surface area (Å²) in [6.45, 7) is 0. The fraction of sp³-hybridized carbons (Fsp3) is 0. The number of rotatable bonds is 1. The average molecular weight is 192 g/mol. The summed E-state index contributed by atoms with van der Waals surface area (Å²) in [4.78, 5) is 0.952. The van der Waals surface area contributed by atoms with Crippen molar-refractivity contribution in [3.8, 4) is 21.9 Å². The summed E-state index contributed by atoms with van der Waals surface area (Å²) in [6.07, 6.45) is 0. The molecule has 0 bridgehead atoms.